The fourth-order valence-electron chi connectivity index (χ4n) is 4.59. The van der Waals surface area contributed by atoms with E-state index in [4.69, 9.17) is 11.6 Å². The van der Waals surface area contributed by atoms with Crippen molar-refractivity contribution in [3.8, 4) is 0 Å². The minimum Gasteiger partial charge on any atom is -0.390 e. The van der Waals surface area contributed by atoms with Gasteiger partial charge in [-0.15, -0.1) is 22.9 Å². The van der Waals surface area contributed by atoms with Gasteiger partial charge in [-0.25, -0.2) is 13.4 Å². The number of hydrogen-bond acceptors (Lipinski definition) is 8. The Kier molecular flexibility index (Phi) is 12.4. The van der Waals surface area contributed by atoms with E-state index in [1.807, 2.05) is 71.2 Å². The number of thioether (sulfide) groups is 1. The van der Waals surface area contributed by atoms with Crippen LogP contribution in [0.3, 0.4) is 0 Å². The number of aliphatic hydroxyl groups excluding tert-OH is 1. The number of amides is 2. The number of hydrogen-bond donors (Lipinski definition) is 3. The van der Waals surface area contributed by atoms with Gasteiger partial charge in [-0.05, 0) is 47.8 Å². The molecule has 2 amide bonds. The van der Waals surface area contributed by atoms with Crippen molar-refractivity contribution in [2.24, 2.45) is 11.3 Å². The maximum Gasteiger partial charge on any atom is 0.243 e. The van der Waals surface area contributed by atoms with E-state index in [1.54, 1.807) is 12.1 Å². The summed E-state index contributed by atoms with van der Waals surface area (Å²) in [5, 5.41) is 17.2. The van der Waals surface area contributed by atoms with Gasteiger partial charge in [0.1, 0.15) is 11.9 Å². The number of thiazole rings is 1. The fraction of sp³-hybridized carbons (Fsp3) is 0.500. The molecule has 0 saturated heterocycles. The van der Waals surface area contributed by atoms with Gasteiger partial charge in [-0.2, -0.15) is 4.31 Å². The molecule has 3 atom stereocenters. The van der Waals surface area contributed by atoms with Gasteiger partial charge in [0, 0.05) is 13.1 Å². The number of alkyl halides is 1. The molecule has 3 unspecified atom stereocenters. The first-order chi connectivity index (χ1) is 20.1. The second-order valence-electron chi connectivity index (χ2n) is 11.9. The number of fused-ring (bicyclic) bond motifs is 1. The number of carbonyl (C=O) groups is 2. The Bertz CT molecular complexity index is 1490. The summed E-state index contributed by atoms with van der Waals surface area (Å²) in [5.41, 5.74) is 0.915. The van der Waals surface area contributed by atoms with Crippen molar-refractivity contribution in [3.63, 3.8) is 0 Å². The molecule has 0 fully saturated rings. The molecular weight excluding hydrogens is 628 g/mol. The van der Waals surface area contributed by atoms with Gasteiger partial charge >= 0.3 is 0 Å². The zero-order chi connectivity index (χ0) is 31.9. The van der Waals surface area contributed by atoms with Gasteiger partial charge in [-0.3, -0.25) is 9.59 Å². The molecule has 3 aromatic rings. The maximum atomic E-state index is 14.0. The average Bonchev–Trinajstić information content (AvgIpc) is 3.37. The highest BCUT2D eigenvalue weighted by atomic mass is 35.5. The predicted octanol–water partition coefficient (Wildman–Crippen LogP) is 4.52. The van der Waals surface area contributed by atoms with Gasteiger partial charge in [0.2, 0.25) is 21.8 Å². The third-order valence-corrected chi connectivity index (χ3v) is 10.8. The fourth-order valence-corrected chi connectivity index (χ4v) is 7.92. The van der Waals surface area contributed by atoms with Crippen molar-refractivity contribution >= 4 is 66.8 Å². The van der Waals surface area contributed by atoms with E-state index in [0.717, 1.165) is 20.1 Å². The molecule has 0 spiro atoms. The number of carbonyl (C=O) groups excluding carboxylic acids is 2. The first kappa shape index (κ1) is 35.3. The standard InChI is InChI=1S/C30H41ClN4O5S3/c1-19(2)17-35(43(39,40)21-12-13-22-25(15-21)42-29(33-22)41-6)18-24(36)23(14-20-10-8-7-9-11-20)32-28(38)27(30(3,4)5)34-26(37)16-31/h7-13,15,19,23-24,27,36H,14,16-18H2,1-6H3,(H,32,38)(H,34,37). The van der Waals surface area contributed by atoms with Gasteiger partial charge in [0.25, 0.3) is 0 Å². The van der Waals surface area contributed by atoms with Crippen molar-refractivity contribution < 1.29 is 23.1 Å². The zero-order valence-electron chi connectivity index (χ0n) is 25.3. The van der Waals surface area contributed by atoms with Gasteiger partial charge in [0.15, 0.2) is 4.34 Å². The van der Waals surface area contributed by atoms with E-state index >= 15 is 0 Å². The highest BCUT2D eigenvalue weighted by molar-refractivity contribution is 8.00. The summed E-state index contributed by atoms with van der Waals surface area (Å²) in [5.74, 6) is -1.32. The Morgan fingerprint density at radius 2 is 1.77 bits per heavy atom. The number of nitrogens with one attached hydrogen (secondary N) is 2. The lowest BCUT2D eigenvalue weighted by molar-refractivity contribution is -0.131. The van der Waals surface area contributed by atoms with Gasteiger partial charge in [0.05, 0.1) is 27.3 Å². The van der Waals surface area contributed by atoms with Crippen LogP contribution in [-0.4, -0.2) is 78.0 Å². The number of aromatic nitrogens is 1. The van der Waals surface area contributed by atoms with Crippen molar-refractivity contribution in [3.05, 3.63) is 54.1 Å². The lowest BCUT2D eigenvalue weighted by atomic mass is 9.85. The van der Waals surface area contributed by atoms with Crippen LogP contribution in [0.5, 0.6) is 0 Å². The molecule has 0 aliphatic rings. The van der Waals surface area contributed by atoms with Crippen molar-refractivity contribution in [1.29, 1.82) is 0 Å². The molecule has 2 aromatic carbocycles. The van der Waals surface area contributed by atoms with Crippen LogP contribution in [0.1, 0.15) is 40.2 Å². The van der Waals surface area contributed by atoms with Crippen molar-refractivity contribution in [2.75, 3.05) is 25.2 Å². The van der Waals surface area contributed by atoms with Crippen LogP contribution in [-0.2, 0) is 26.0 Å². The summed E-state index contributed by atoms with van der Waals surface area (Å²) in [4.78, 5) is 30.3. The molecule has 0 radical (unpaired) electrons. The van der Waals surface area contributed by atoms with Crippen LogP contribution in [0, 0.1) is 11.3 Å². The SMILES string of the molecule is CSc1nc2ccc(S(=O)(=O)N(CC(C)C)CC(O)C(Cc3ccccc3)NC(=O)C(NC(=O)CCl)C(C)(C)C)cc2s1. The molecule has 1 heterocycles. The predicted molar refractivity (Wildman–Crippen MR) is 175 cm³/mol. The third-order valence-electron chi connectivity index (χ3n) is 6.76. The highest BCUT2D eigenvalue weighted by Gasteiger charge is 2.36. The molecular formula is C30H41ClN4O5S3. The molecule has 0 bridgehead atoms. The van der Waals surface area contributed by atoms with Gasteiger partial charge in [-0.1, -0.05) is 76.7 Å². The van der Waals surface area contributed by atoms with Crippen LogP contribution < -0.4 is 10.6 Å². The Hall–Kier alpha value is -2.22. The number of sulfonamides is 1. The molecule has 236 valence electrons. The summed E-state index contributed by atoms with van der Waals surface area (Å²) < 4.78 is 30.8. The summed E-state index contributed by atoms with van der Waals surface area (Å²) in [7, 11) is -4.01. The molecule has 0 aliphatic heterocycles. The molecule has 3 rings (SSSR count). The number of nitrogens with zero attached hydrogens (tertiary/aromatic N) is 2. The number of benzene rings is 2. The molecule has 43 heavy (non-hydrogen) atoms. The first-order valence-corrected chi connectivity index (χ1v) is 18.0. The van der Waals surface area contributed by atoms with Crippen LogP contribution >= 0.6 is 34.7 Å². The average molecular weight is 669 g/mol. The molecule has 0 saturated carbocycles. The maximum absolute atomic E-state index is 14.0. The Morgan fingerprint density at radius 1 is 1.09 bits per heavy atom. The Morgan fingerprint density at radius 3 is 2.35 bits per heavy atom. The number of aliphatic hydroxyl groups is 1. The molecule has 0 aliphatic carbocycles. The topological polar surface area (TPSA) is 129 Å². The normalized spacial score (nSPS) is 14.6. The minimum atomic E-state index is -4.01. The van der Waals surface area contributed by atoms with E-state index in [1.165, 1.54) is 33.5 Å². The van der Waals surface area contributed by atoms with Crippen molar-refractivity contribution in [1.82, 2.24) is 19.9 Å². The quantitative estimate of drug-likeness (QED) is 0.170. The zero-order valence-corrected chi connectivity index (χ0v) is 28.5. The van der Waals surface area contributed by atoms with Crippen LogP contribution in [0.15, 0.2) is 57.8 Å². The van der Waals surface area contributed by atoms with E-state index in [9.17, 15) is 23.1 Å². The van der Waals surface area contributed by atoms with Crippen LogP contribution in [0.4, 0.5) is 0 Å². The second-order valence-corrected chi connectivity index (χ2v) is 16.2. The van der Waals surface area contributed by atoms with Crippen LogP contribution in [0.25, 0.3) is 10.2 Å². The lowest BCUT2D eigenvalue weighted by Crippen LogP contribution is -2.59. The number of halogens is 1. The summed E-state index contributed by atoms with van der Waals surface area (Å²) in [6.07, 6.45) is 0.896. The van der Waals surface area contributed by atoms with E-state index in [2.05, 4.69) is 15.6 Å². The summed E-state index contributed by atoms with van der Waals surface area (Å²) >= 11 is 8.62. The monoisotopic (exact) mass is 668 g/mol. The summed E-state index contributed by atoms with van der Waals surface area (Å²) in [6.45, 7) is 9.17. The molecule has 13 heteroatoms. The first-order valence-electron chi connectivity index (χ1n) is 14.0. The minimum absolute atomic E-state index is 0.0320. The molecule has 9 nitrogen and oxygen atoms in total. The Balaban J connectivity index is 1.94. The van der Waals surface area contributed by atoms with Gasteiger partial charge < -0.3 is 15.7 Å². The van der Waals surface area contributed by atoms with Crippen molar-refractivity contribution in [2.45, 2.75) is 68.5 Å². The number of rotatable bonds is 14. The Labute approximate surface area is 267 Å². The van der Waals surface area contributed by atoms with E-state index in [0.29, 0.717) is 0 Å². The molecule has 1 aromatic heterocycles. The summed E-state index contributed by atoms with van der Waals surface area (Å²) in [6, 6.07) is 12.4. The highest BCUT2D eigenvalue weighted by Crippen LogP contribution is 2.31. The van der Waals surface area contributed by atoms with Crippen LogP contribution in [0.2, 0.25) is 0 Å². The smallest absolute Gasteiger partial charge is 0.243 e. The van der Waals surface area contributed by atoms with E-state index < -0.39 is 45.4 Å². The largest absolute Gasteiger partial charge is 0.390 e. The lowest BCUT2D eigenvalue weighted by Gasteiger charge is -2.34. The second kappa shape index (κ2) is 15.2. The third kappa shape index (κ3) is 9.63. The van der Waals surface area contributed by atoms with E-state index in [-0.39, 0.29) is 36.2 Å². The molecule has 3 N–H and O–H groups in total.